The number of nitrogens with zero attached hydrogens (tertiary/aromatic N) is 2. The smallest absolute Gasteiger partial charge is 0.0972 e. The van der Waals surface area contributed by atoms with E-state index in [1.807, 2.05) is 12.3 Å². The van der Waals surface area contributed by atoms with E-state index >= 15 is 0 Å². The molecule has 0 N–H and O–H groups in total. The Kier molecular flexibility index (Phi) is 5.17. The van der Waals surface area contributed by atoms with Gasteiger partial charge in [0.05, 0.1) is 16.9 Å². The second-order valence-corrected chi connectivity index (χ2v) is 10.3. The highest BCUT2D eigenvalue weighted by molar-refractivity contribution is 6.11. The number of fused-ring (bicyclic) bond motifs is 6. The predicted molar refractivity (Wildman–Crippen MR) is 168 cm³/mol. The highest BCUT2D eigenvalue weighted by atomic mass is 14.8. The molecule has 0 radical (unpaired) electrons. The summed E-state index contributed by atoms with van der Waals surface area (Å²) in [6.07, 6.45) is 1.89. The van der Waals surface area contributed by atoms with Crippen LogP contribution in [-0.2, 0) is 0 Å². The fourth-order valence-corrected chi connectivity index (χ4v) is 5.89. The lowest BCUT2D eigenvalue weighted by atomic mass is 9.96. The molecule has 0 unspecified atom stereocenters. The SMILES string of the molecule is c1ccc2c(c1)ccc1cc(-c3ccc(-c4ccnc(-c5nc6ccccc6c6ccccc56)c4)cc3)ccc12. The molecule has 0 atom stereocenters. The second-order valence-electron chi connectivity index (χ2n) is 10.3. The van der Waals surface area contributed by atoms with Crippen molar-refractivity contribution in [3.63, 3.8) is 0 Å². The quantitative estimate of drug-likeness (QED) is 0.222. The molecule has 0 aliphatic carbocycles. The average molecular weight is 509 g/mol. The minimum Gasteiger partial charge on any atom is -0.255 e. The minimum absolute atomic E-state index is 0.880. The Balaban J connectivity index is 1.17. The number of pyridine rings is 2. The van der Waals surface area contributed by atoms with Gasteiger partial charge in [0.25, 0.3) is 0 Å². The van der Waals surface area contributed by atoms with E-state index in [-0.39, 0.29) is 0 Å². The molecule has 6 aromatic carbocycles. The summed E-state index contributed by atoms with van der Waals surface area (Å²) in [6, 6.07) is 49.6. The maximum absolute atomic E-state index is 5.04. The fourth-order valence-electron chi connectivity index (χ4n) is 5.89. The van der Waals surface area contributed by atoms with Crippen molar-refractivity contribution in [1.82, 2.24) is 9.97 Å². The monoisotopic (exact) mass is 508 g/mol. The zero-order valence-corrected chi connectivity index (χ0v) is 21.8. The van der Waals surface area contributed by atoms with E-state index in [1.165, 1.54) is 38.1 Å². The number of hydrogen-bond donors (Lipinski definition) is 0. The summed E-state index contributed by atoms with van der Waals surface area (Å²) in [5, 5.41) is 8.59. The summed E-state index contributed by atoms with van der Waals surface area (Å²) in [4.78, 5) is 9.79. The standard InChI is InChI=1S/C38H24N2/c1-2-8-31-27(7-1)17-18-30-23-28(19-20-32(30)31)25-13-15-26(16-14-25)29-21-22-39-37(24-29)38-35-11-4-3-9-33(35)34-10-5-6-12-36(34)40-38/h1-24H. The number of hydrogen-bond acceptors (Lipinski definition) is 2. The van der Waals surface area contributed by atoms with Gasteiger partial charge in [-0.05, 0) is 73.5 Å². The molecule has 2 nitrogen and oxygen atoms in total. The van der Waals surface area contributed by atoms with Gasteiger partial charge in [-0.25, -0.2) is 4.98 Å². The zero-order chi connectivity index (χ0) is 26.5. The molecule has 2 heterocycles. The molecule has 0 fully saturated rings. The molecule has 2 aromatic heterocycles. The second kappa shape index (κ2) is 9.14. The van der Waals surface area contributed by atoms with E-state index < -0.39 is 0 Å². The lowest BCUT2D eigenvalue weighted by Crippen LogP contribution is -1.92. The zero-order valence-electron chi connectivity index (χ0n) is 21.8. The van der Waals surface area contributed by atoms with Crippen LogP contribution in [-0.4, -0.2) is 9.97 Å². The minimum atomic E-state index is 0.880. The first-order valence-corrected chi connectivity index (χ1v) is 13.6. The fraction of sp³-hybridized carbons (Fsp3) is 0. The van der Waals surface area contributed by atoms with Crippen molar-refractivity contribution >= 4 is 43.2 Å². The molecule has 0 aliphatic rings. The van der Waals surface area contributed by atoms with Crippen molar-refractivity contribution in [2.75, 3.05) is 0 Å². The maximum Gasteiger partial charge on any atom is 0.0972 e. The van der Waals surface area contributed by atoms with Crippen LogP contribution in [0.5, 0.6) is 0 Å². The van der Waals surface area contributed by atoms with Gasteiger partial charge >= 0.3 is 0 Å². The van der Waals surface area contributed by atoms with Crippen molar-refractivity contribution in [1.29, 1.82) is 0 Å². The Bertz CT molecular complexity index is 2210. The van der Waals surface area contributed by atoms with Crippen LogP contribution < -0.4 is 0 Å². The van der Waals surface area contributed by atoms with Gasteiger partial charge in [0.2, 0.25) is 0 Å². The number of aromatic nitrogens is 2. The molecule has 2 heteroatoms. The summed E-state index contributed by atoms with van der Waals surface area (Å²) in [5.41, 5.74) is 7.48. The topological polar surface area (TPSA) is 25.8 Å². The largest absolute Gasteiger partial charge is 0.255 e. The molecule has 40 heavy (non-hydrogen) atoms. The van der Waals surface area contributed by atoms with Crippen LogP contribution in [0.15, 0.2) is 146 Å². The molecular weight excluding hydrogens is 484 g/mol. The van der Waals surface area contributed by atoms with Crippen molar-refractivity contribution in [3.8, 4) is 33.6 Å². The van der Waals surface area contributed by atoms with Crippen molar-refractivity contribution in [3.05, 3.63) is 146 Å². The van der Waals surface area contributed by atoms with E-state index in [9.17, 15) is 0 Å². The molecule has 0 bridgehead atoms. The number of rotatable bonds is 3. The van der Waals surface area contributed by atoms with Crippen molar-refractivity contribution < 1.29 is 0 Å². The third-order valence-corrected chi connectivity index (χ3v) is 7.91. The molecule has 0 amide bonds. The van der Waals surface area contributed by atoms with E-state index in [0.29, 0.717) is 0 Å². The van der Waals surface area contributed by atoms with Crippen LogP contribution >= 0.6 is 0 Å². The van der Waals surface area contributed by atoms with Gasteiger partial charge in [-0.3, -0.25) is 4.98 Å². The van der Waals surface area contributed by atoms with Crippen LogP contribution in [0.25, 0.3) is 76.9 Å². The van der Waals surface area contributed by atoms with Crippen LogP contribution in [0.4, 0.5) is 0 Å². The van der Waals surface area contributed by atoms with Crippen molar-refractivity contribution in [2.24, 2.45) is 0 Å². The lowest BCUT2D eigenvalue weighted by molar-refractivity contribution is 1.29. The van der Waals surface area contributed by atoms with E-state index in [2.05, 4.69) is 133 Å². The van der Waals surface area contributed by atoms with Gasteiger partial charge in [0.1, 0.15) is 0 Å². The Hall–Kier alpha value is -5.34. The number of benzene rings is 6. The summed E-state index contributed by atoms with van der Waals surface area (Å²) >= 11 is 0. The third kappa shape index (κ3) is 3.73. The van der Waals surface area contributed by atoms with Gasteiger partial charge in [-0.1, -0.05) is 115 Å². The molecule has 8 rings (SSSR count). The summed E-state index contributed by atoms with van der Waals surface area (Å²) in [7, 11) is 0. The van der Waals surface area contributed by atoms with Crippen LogP contribution in [0.2, 0.25) is 0 Å². The molecule has 8 aromatic rings. The van der Waals surface area contributed by atoms with Crippen LogP contribution in [0.3, 0.4) is 0 Å². The van der Waals surface area contributed by atoms with Crippen molar-refractivity contribution in [2.45, 2.75) is 0 Å². The predicted octanol–water partition coefficient (Wildman–Crippen LogP) is 10.1. The highest BCUT2D eigenvalue weighted by Gasteiger charge is 2.12. The Morgan fingerprint density at radius 1 is 0.375 bits per heavy atom. The highest BCUT2D eigenvalue weighted by Crippen LogP contribution is 2.34. The normalized spacial score (nSPS) is 11.5. The third-order valence-electron chi connectivity index (χ3n) is 7.91. The van der Waals surface area contributed by atoms with Crippen LogP contribution in [0, 0.1) is 0 Å². The Labute approximate surface area is 232 Å². The summed E-state index contributed by atoms with van der Waals surface area (Å²) in [6.45, 7) is 0. The molecule has 186 valence electrons. The van der Waals surface area contributed by atoms with Gasteiger partial charge < -0.3 is 0 Å². The molecule has 0 spiro atoms. The molecule has 0 aliphatic heterocycles. The Morgan fingerprint density at radius 3 is 1.80 bits per heavy atom. The van der Waals surface area contributed by atoms with Gasteiger partial charge in [-0.15, -0.1) is 0 Å². The molecule has 0 saturated heterocycles. The first-order chi connectivity index (χ1) is 19.8. The van der Waals surface area contributed by atoms with E-state index in [1.54, 1.807) is 0 Å². The number of para-hydroxylation sites is 1. The first-order valence-electron chi connectivity index (χ1n) is 13.6. The van der Waals surface area contributed by atoms with E-state index in [4.69, 9.17) is 9.97 Å². The van der Waals surface area contributed by atoms with Gasteiger partial charge in [-0.2, -0.15) is 0 Å². The molecule has 0 saturated carbocycles. The van der Waals surface area contributed by atoms with Gasteiger partial charge in [0.15, 0.2) is 0 Å². The Morgan fingerprint density at radius 2 is 0.975 bits per heavy atom. The van der Waals surface area contributed by atoms with Gasteiger partial charge in [0, 0.05) is 17.0 Å². The first kappa shape index (κ1) is 22.6. The maximum atomic E-state index is 5.04. The average Bonchev–Trinajstić information content (AvgIpc) is 3.04. The molecular formula is C38H24N2. The summed E-state index contributed by atoms with van der Waals surface area (Å²) in [5.74, 6) is 0. The lowest BCUT2D eigenvalue weighted by Gasteiger charge is -2.11. The van der Waals surface area contributed by atoms with E-state index in [0.717, 1.165) is 38.8 Å². The summed E-state index contributed by atoms with van der Waals surface area (Å²) < 4.78 is 0. The van der Waals surface area contributed by atoms with Crippen LogP contribution in [0.1, 0.15) is 0 Å².